The van der Waals surface area contributed by atoms with E-state index in [2.05, 4.69) is 10.1 Å². The molecule has 0 saturated carbocycles. The zero-order valence-corrected chi connectivity index (χ0v) is 17.9. The minimum absolute atomic E-state index is 0.0830. The number of benzene rings is 3. The highest BCUT2D eigenvalue weighted by Crippen LogP contribution is 2.27. The third kappa shape index (κ3) is 6.88. The van der Waals surface area contributed by atoms with Crippen molar-refractivity contribution in [3.63, 3.8) is 0 Å². The molecule has 0 unspecified atom stereocenters. The second kappa shape index (κ2) is 9.41. The minimum atomic E-state index is -4.76. The van der Waals surface area contributed by atoms with E-state index < -0.39 is 27.9 Å². The first kappa shape index (κ1) is 23.9. The highest BCUT2D eigenvalue weighted by Gasteiger charge is 2.30. The number of hydrogen-bond acceptors (Lipinski definition) is 6. The normalized spacial score (nSPS) is 11.6. The van der Waals surface area contributed by atoms with Crippen molar-refractivity contribution in [2.45, 2.75) is 17.9 Å². The van der Waals surface area contributed by atoms with E-state index in [1.165, 1.54) is 60.7 Å². The van der Waals surface area contributed by atoms with Crippen molar-refractivity contribution in [1.29, 1.82) is 0 Å². The van der Waals surface area contributed by atoms with Crippen molar-refractivity contribution in [3.8, 4) is 17.2 Å². The van der Waals surface area contributed by atoms with Gasteiger partial charge in [0, 0.05) is 17.5 Å². The van der Waals surface area contributed by atoms with Gasteiger partial charge in [0.15, 0.2) is 9.84 Å². The molecule has 7 nitrogen and oxygen atoms in total. The molecule has 11 heteroatoms. The molecule has 0 aliphatic rings. The van der Waals surface area contributed by atoms with Crippen LogP contribution in [0.15, 0.2) is 71.6 Å². The molecule has 3 rings (SSSR count). The van der Waals surface area contributed by atoms with Gasteiger partial charge in [0.2, 0.25) is 0 Å². The van der Waals surface area contributed by atoms with Crippen molar-refractivity contribution in [3.05, 3.63) is 77.9 Å². The van der Waals surface area contributed by atoms with Crippen LogP contribution in [-0.4, -0.2) is 32.0 Å². The maximum atomic E-state index is 12.4. The zero-order chi connectivity index (χ0) is 24.2. The van der Waals surface area contributed by atoms with Crippen molar-refractivity contribution < 1.29 is 41.0 Å². The number of alkyl halides is 3. The third-order valence-corrected chi connectivity index (χ3v) is 5.42. The summed E-state index contributed by atoms with van der Waals surface area (Å²) in [6.45, 7) is 0.0830. The lowest BCUT2D eigenvalue weighted by Gasteiger charge is -2.11. The van der Waals surface area contributed by atoms with E-state index in [4.69, 9.17) is 4.74 Å². The zero-order valence-electron chi connectivity index (χ0n) is 17.1. The van der Waals surface area contributed by atoms with Crippen LogP contribution in [0.2, 0.25) is 0 Å². The summed E-state index contributed by atoms with van der Waals surface area (Å²) in [6.07, 6.45) is -3.82. The van der Waals surface area contributed by atoms with Crippen molar-refractivity contribution in [2.75, 3.05) is 11.6 Å². The molecular formula is C22H18F3NO6S. The molecule has 0 radical (unpaired) electrons. The molecule has 0 aliphatic heterocycles. The first-order chi connectivity index (χ1) is 15.4. The van der Waals surface area contributed by atoms with Gasteiger partial charge in [-0.1, -0.05) is 12.1 Å². The topological polar surface area (TPSA) is 102 Å². The monoisotopic (exact) mass is 481 g/mol. The van der Waals surface area contributed by atoms with Gasteiger partial charge in [0.25, 0.3) is 5.91 Å². The highest BCUT2D eigenvalue weighted by atomic mass is 32.2. The van der Waals surface area contributed by atoms with Crippen LogP contribution in [0.25, 0.3) is 0 Å². The number of rotatable bonds is 7. The van der Waals surface area contributed by atoms with Crippen molar-refractivity contribution in [1.82, 2.24) is 0 Å². The Hall–Kier alpha value is -3.73. The van der Waals surface area contributed by atoms with Crippen LogP contribution >= 0.6 is 0 Å². The first-order valence-electron chi connectivity index (χ1n) is 9.33. The predicted molar refractivity (Wildman–Crippen MR) is 113 cm³/mol. The minimum Gasteiger partial charge on any atom is -0.507 e. The van der Waals surface area contributed by atoms with Crippen LogP contribution in [-0.2, 0) is 16.4 Å². The molecule has 0 bridgehead atoms. The lowest BCUT2D eigenvalue weighted by molar-refractivity contribution is -0.274. The Morgan fingerprint density at radius 2 is 1.58 bits per heavy atom. The number of nitrogens with one attached hydrogen (secondary N) is 1. The smallest absolute Gasteiger partial charge is 0.507 e. The molecule has 0 fully saturated rings. The lowest BCUT2D eigenvalue weighted by atomic mass is 10.2. The molecule has 0 aromatic heterocycles. The Morgan fingerprint density at radius 3 is 2.15 bits per heavy atom. The van der Waals surface area contributed by atoms with E-state index in [0.29, 0.717) is 11.3 Å². The second-order valence-corrected chi connectivity index (χ2v) is 8.90. The predicted octanol–water partition coefficient (Wildman–Crippen LogP) is 4.53. The molecule has 0 spiro atoms. The van der Waals surface area contributed by atoms with Gasteiger partial charge in [-0.2, -0.15) is 0 Å². The van der Waals surface area contributed by atoms with Gasteiger partial charge in [-0.05, 0) is 60.2 Å². The number of phenolic OH excluding ortho intramolecular Hbond substituents is 1. The van der Waals surface area contributed by atoms with Crippen molar-refractivity contribution >= 4 is 21.4 Å². The maximum Gasteiger partial charge on any atom is 0.573 e. The fourth-order valence-electron chi connectivity index (χ4n) is 2.75. The number of amides is 1. The number of hydrogen-bond donors (Lipinski definition) is 2. The van der Waals surface area contributed by atoms with E-state index in [1.807, 2.05) is 0 Å². The summed E-state index contributed by atoms with van der Waals surface area (Å²) in [6, 6.07) is 15.0. The SMILES string of the molecule is CS(=O)(=O)c1cc(NC(=O)c2ccc(OCc3ccc(OC(F)(F)F)cc3)cc2)ccc1O. The number of halogens is 3. The number of phenols is 1. The molecule has 174 valence electrons. The number of anilines is 1. The average Bonchev–Trinajstić information content (AvgIpc) is 2.73. The fourth-order valence-corrected chi connectivity index (χ4v) is 3.54. The van der Waals surface area contributed by atoms with Crippen molar-refractivity contribution in [2.24, 2.45) is 0 Å². The highest BCUT2D eigenvalue weighted by molar-refractivity contribution is 7.90. The number of carbonyl (C=O) groups is 1. The summed E-state index contributed by atoms with van der Waals surface area (Å²) in [5.41, 5.74) is 1.07. The molecule has 2 N–H and O–H groups in total. The number of aromatic hydroxyl groups is 1. The molecule has 3 aromatic carbocycles. The Labute approximate surface area is 187 Å². The third-order valence-electron chi connectivity index (χ3n) is 4.30. The van der Waals surface area contributed by atoms with Crippen LogP contribution in [0.5, 0.6) is 17.2 Å². The van der Waals surface area contributed by atoms with Gasteiger partial charge >= 0.3 is 6.36 Å². The van der Waals surface area contributed by atoms with Crippen LogP contribution in [0.3, 0.4) is 0 Å². The van der Waals surface area contributed by atoms with E-state index in [-0.39, 0.29) is 28.5 Å². The number of carbonyl (C=O) groups excluding carboxylic acids is 1. The van der Waals surface area contributed by atoms with E-state index in [1.54, 1.807) is 0 Å². The Morgan fingerprint density at radius 1 is 0.970 bits per heavy atom. The van der Waals surface area contributed by atoms with Crippen LogP contribution in [0, 0.1) is 0 Å². The average molecular weight is 481 g/mol. The van der Waals surface area contributed by atoms with Gasteiger partial charge in [-0.3, -0.25) is 4.79 Å². The van der Waals surface area contributed by atoms with Gasteiger partial charge < -0.3 is 19.9 Å². The molecule has 0 saturated heterocycles. The summed E-state index contributed by atoms with van der Waals surface area (Å²) in [4.78, 5) is 12.1. The standard InChI is InChI=1S/C22H18F3NO6S/c1-33(29,30)20-12-16(6-11-19(20)27)26-21(28)15-4-9-17(10-5-15)31-13-14-2-7-18(8-3-14)32-22(23,24)25/h2-12,27H,13H2,1H3,(H,26,28). The lowest BCUT2D eigenvalue weighted by Crippen LogP contribution is -2.17. The maximum absolute atomic E-state index is 12.4. The summed E-state index contributed by atoms with van der Waals surface area (Å²) in [7, 11) is -3.68. The van der Waals surface area contributed by atoms with Crippen LogP contribution < -0.4 is 14.8 Å². The summed E-state index contributed by atoms with van der Waals surface area (Å²) >= 11 is 0. The van der Waals surface area contributed by atoms with Gasteiger partial charge in [-0.15, -0.1) is 13.2 Å². The molecule has 0 atom stereocenters. The Kier molecular flexibility index (Phi) is 6.82. The van der Waals surface area contributed by atoms with Gasteiger partial charge in [0.05, 0.1) is 0 Å². The first-order valence-corrected chi connectivity index (χ1v) is 11.2. The van der Waals surface area contributed by atoms with E-state index >= 15 is 0 Å². The second-order valence-electron chi connectivity index (χ2n) is 6.91. The molecule has 1 amide bonds. The summed E-state index contributed by atoms with van der Waals surface area (Å²) < 4.78 is 69.3. The number of ether oxygens (including phenoxy) is 2. The molecule has 0 heterocycles. The summed E-state index contributed by atoms with van der Waals surface area (Å²) in [5.74, 6) is -0.837. The largest absolute Gasteiger partial charge is 0.573 e. The molecular weight excluding hydrogens is 463 g/mol. The van der Waals surface area contributed by atoms with Crippen LogP contribution in [0.1, 0.15) is 15.9 Å². The van der Waals surface area contributed by atoms with E-state index in [0.717, 1.165) is 12.3 Å². The summed E-state index contributed by atoms with van der Waals surface area (Å²) in [5, 5.41) is 12.2. The van der Waals surface area contributed by atoms with Gasteiger partial charge in [-0.25, -0.2) is 8.42 Å². The van der Waals surface area contributed by atoms with E-state index in [9.17, 15) is 31.5 Å². The fraction of sp³-hybridized carbons (Fsp3) is 0.136. The quantitative estimate of drug-likeness (QED) is 0.481. The Bertz CT molecular complexity index is 1240. The molecule has 0 aliphatic carbocycles. The van der Waals surface area contributed by atoms with Crippen LogP contribution in [0.4, 0.5) is 18.9 Å². The molecule has 3 aromatic rings. The number of sulfone groups is 1. The van der Waals surface area contributed by atoms with Gasteiger partial charge in [0.1, 0.15) is 28.8 Å². The Balaban J connectivity index is 1.59. The molecule has 33 heavy (non-hydrogen) atoms.